The van der Waals surface area contributed by atoms with Crippen LogP contribution in [0.25, 0.3) is 0 Å². The maximum Gasteiger partial charge on any atom is 0.131 e. The Morgan fingerprint density at radius 2 is 1.81 bits per heavy atom. The second-order valence-corrected chi connectivity index (χ2v) is 6.06. The molecule has 2 aromatic carbocycles. The van der Waals surface area contributed by atoms with Gasteiger partial charge in [0.05, 0.1) is 0 Å². The lowest BCUT2D eigenvalue weighted by Crippen LogP contribution is -2.04. The van der Waals surface area contributed by atoms with E-state index >= 15 is 0 Å². The molecule has 2 N–H and O–H groups in total. The van der Waals surface area contributed by atoms with E-state index in [0.717, 1.165) is 34.4 Å². The van der Waals surface area contributed by atoms with E-state index in [4.69, 9.17) is 10.5 Å². The van der Waals surface area contributed by atoms with Gasteiger partial charge >= 0.3 is 0 Å². The van der Waals surface area contributed by atoms with Crippen molar-refractivity contribution in [3.8, 4) is 11.5 Å². The van der Waals surface area contributed by atoms with Crippen molar-refractivity contribution in [2.24, 2.45) is 5.73 Å². The third-order valence-electron chi connectivity index (χ3n) is 3.41. The molecule has 0 aliphatic heterocycles. The Bertz CT molecular complexity index is 566. The molecule has 0 heterocycles. The summed E-state index contributed by atoms with van der Waals surface area (Å²) in [7, 11) is 0. The van der Waals surface area contributed by atoms with Crippen LogP contribution < -0.4 is 10.5 Å². The van der Waals surface area contributed by atoms with Crippen molar-refractivity contribution in [3.05, 3.63) is 58.1 Å². The van der Waals surface area contributed by atoms with Gasteiger partial charge in [-0.05, 0) is 61.2 Å². The van der Waals surface area contributed by atoms with E-state index in [9.17, 15) is 0 Å². The molecule has 21 heavy (non-hydrogen) atoms. The summed E-state index contributed by atoms with van der Waals surface area (Å²) in [5.74, 6) is 1.74. The quantitative estimate of drug-likeness (QED) is 0.757. The summed E-state index contributed by atoms with van der Waals surface area (Å²) in [6.07, 6.45) is 4.40. The van der Waals surface area contributed by atoms with Gasteiger partial charge in [-0.25, -0.2) is 0 Å². The molecule has 2 nitrogen and oxygen atoms in total. The van der Waals surface area contributed by atoms with E-state index in [1.807, 2.05) is 24.3 Å². The summed E-state index contributed by atoms with van der Waals surface area (Å²) in [6.45, 7) is 2.83. The van der Waals surface area contributed by atoms with Gasteiger partial charge in [-0.2, -0.15) is 0 Å². The monoisotopic (exact) mass is 347 g/mol. The van der Waals surface area contributed by atoms with E-state index < -0.39 is 0 Å². The maximum absolute atomic E-state index is 6.02. The minimum absolute atomic E-state index is 0.619. The molecular formula is C18H22BrNO. The van der Waals surface area contributed by atoms with Gasteiger partial charge < -0.3 is 10.5 Å². The molecule has 0 amide bonds. The van der Waals surface area contributed by atoms with Gasteiger partial charge in [0.15, 0.2) is 0 Å². The van der Waals surface area contributed by atoms with E-state index in [-0.39, 0.29) is 0 Å². The van der Waals surface area contributed by atoms with Gasteiger partial charge in [-0.15, -0.1) is 0 Å². The van der Waals surface area contributed by atoms with Crippen molar-refractivity contribution in [2.45, 2.75) is 32.6 Å². The zero-order valence-electron chi connectivity index (χ0n) is 12.4. The van der Waals surface area contributed by atoms with Gasteiger partial charge in [0.1, 0.15) is 11.5 Å². The van der Waals surface area contributed by atoms with Gasteiger partial charge in [0.25, 0.3) is 0 Å². The van der Waals surface area contributed by atoms with Crippen LogP contribution in [-0.4, -0.2) is 6.54 Å². The number of rotatable bonds is 7. The van der Waals surface area contributed by atoms with E-state index in [1.165, 1.54) is 18.4 Å². The second kappa shape index (κ2) is 8.20. The fraction of sp³-hybridized carbons (Fsp3) is 0.333. The number of halogens is 1. The first-order valence-electron chi connectivity index (χ1n) is 7.48. The minimum atomic E-state index is 0.619. The molecule has 3 heteroatoms. The number of hydrogen-bond acceptors (Lipinski definition) is 2. The van der Waals surface area contributed by atoms with E-state index in [0.29, 0.717) is 6.54 Å². The summed E-state index contributed by atoms with van der Waals surface area (Å²) in [5.41, 5.74) is 8.16. The number of hydrogen-bond donors (Lipinski definition) is 1. The van der Waals surface area contributed by atoms with Crippen LogP contribution in [0.2, 0.25) is 0 Å². The fourth-order valence-electron chi connectivity index (χ4n) is 2.22. The molecule has 0 radical (unpaired) electrons. The number of aryl methyl sites for hydroxylation is 1. The number of unbranched alkanes of at least 4 members (excludes halogenated alkanes) is 1. The van der Waals surface area contributed by atoms with Crippen LogP contribution in [0.15, 0.2) is 46.9 Å². The molecule has 0 aromatic heterocycles. The summed E-state index contributed by atoms with van der Waals surface area (Å²) in [4.78, 5) is 0. The van der Waals surface area contributed by atoms with Crippen molar-refractivity contribution in [2.75, 3.05) is 6.54 Å². The van der Waals surface area contributed by atoms with Crippen LogP contribution in [0.1, 0.15) is 30.9 Å². The molecule has 0 saturated heterocycles. The van der Waals surface area contributed by atoms with Crippen molar-refractivity contribution in [1.82, 2.24) is 0 Å². The first-order chi connectivity index (χ1) is 10.2. The van der Waals surface area contributed by atoms with Crippen molar-refractivity contribution < 1.29 is 4.74 Å². The number of nitrogens with two attached hydrogens (primary N) is 1. The van der Waals surface area contributed by atoms with Crippen LogP contribution in [0.3, 0.4) is 0 Å². The predicted octanol–water partition coefficient (Wildman–Crippen LogP) is 5.09. The van der Waals surface area contributed by atoms with E-state index in [1.54, 1.807) is 0 Å². The number of benzene rings is 2. The van der Waals surface area contributed by atoms with Gasteiger partial charge in [-0.3, -0.25) is 0 Å². The normalized spacial score (nSPS) is 10.6. The van der Waals surface area contributed by atoms with Crippen LogP contribution in [0.5, 0.6) is 11.5 Å². The van der Waals surface area contributed by atoms with Crippen molar-refractivity contribution >= 4 is 15.9 Å². The minimum Gasteiger partial charge on any atom is -0.457 e. The molecule has 0 aliphatic rings. The van der Waals surface area contributed by atoms with Crippen molar-refractivity contribution in [3.63, 3.8) is 0 Å². The zero-order valence-corrected chi connectivity index (χ0v) is 14.0. The topological polar surface area (TPSA) is 35.2 Å². The highest BCUT2D eigenvalue weighted by Gasteiger charge is 2.06. The lowest BCUT2D eigenvalue weighted by molar-refractivity contribution is 0.475. The largest absolute Gasteiger partial charge is 0.457 e. The Kier molecular flexibility index (Phi) is 6.27. The van der Waals surface area contributed by atoms with Gasteiger partial charge in [0, 0.05) is 4.47 Å². The average molecular weight is 348 g/mol. The van der Waals surface area contributed by atoms with Crippen LogP contribution in [0.4, 0.5) is 0 Å². The highest BCUT2D eigenvalue weighted by Crippen LogP contribution is 2.29. The Morgan fingerprint density at radius 3 is 2.48 bits per heavy atom. The van der Waals surface area contributed by atoms with Gasteiger partial charge in [-0.1, -0.05) is 47.5 Å². The summed E-state index contributed by atoms with van der Waals surface area (Å²) in [5, 5.41) is 0. The first kappa shape index (κ1) is 16.1. The smallest absolute Gasteiger partial charge is 0.131 e. The summed E-state index contributed by atoms with van der Waals surface area (Å²) in [6, 6.07) is 14.4. The molecule has 0 aliphatic carbocycles. The fourth-order valence-corrected chi connectivity index (χ4v) is 2.56. The third-order valence-corrected chi connectivity index (χ3v) is 3.91. The molecule has 2 rings (SSSR count). The second-order valence-electron chi connectivity index (χ2n) is 5.14. The molecule has 0 fully saturated rings. The molecule has 0 saturated carbocycles. The average Bonchev–Trinajstić information content (AvgIpc) is 2.49. The SMILES string of the molecule is CCCCc1ccc(Oc2cc(Br)ccc2CCN)cc1. The molecular weight excluding hydrogens is 326 g/mol. The summed E-state index contributed by atoms with van der Waals surface area (Å²) < 4.78 is 7.03. The van der Waals surface area contributed by atoms with Gasteiger partial charge in [0.2, 0.25) is 0 Å². The highest BCUT2D eigenvalue weighted by atomic mass is 79.9. The lowest BCUT2D eigenvalue weighted by Gasteiger charge is -2.12. The van der Waals surface area contributed by atoms with Crippen LogP contribution in [-0.2, 0) is 12.8 Å². The predicted molar refractivity (Wildman–Crippen MR) is 92.0 cm³/mol. The van der Waals surface area contributed by atoms with Crippen molar-refractivity contribution in [1.29, 1.82) is 0 Å². The maximum atomic E-state index is 6.02. The lowest BCUT2D eigenvalue weighted by atomic mass is 10.1. The molecule has 112 valence electrons. The Labute approximate surface area is 135 Å². The first-order valence-corrected chi connectivity index (χ1v) is 8.27. The molecule has 0 unspecified atom stereocenters. The third kappa shape index (κ3) is 4.87. The molecule has 0 atom stereocenters. The highest BCUT2D eigenvalue weighted by molar-refractivity contribution is 9.10. The van der Waals surface area contributed by atoms with E-state index in [2.05, 4.69) is 41.1 Å². The zero-order chi connectivity index (χ0) is 15.1. The molecule has 2 aromatic rings. The number of ether oxygens (including phenoxy) is 1. The van der Waals surface area contributed by atoms with Crippen LogP contribution in [0, 0.1) is 0 Å². The molecule has 0 bridgehead atoms. The Morgan fingerprint density at radius 1 is 1.05 bits per heavy atom. The molecule has 0 spiro atoms. The summed E-state index contributed by atoms with van der Waals surface area (Å²) >= 11 is 3.49. The van der Waals surface area contributed by atoms with Crippen LogP contribution >= 0.6 is 15.9 Å². The Hall–Kier alpha value is -1.32. The standard InChI is InChI=1S/C18H22BrNO/c1-2-3-4-14-5-9-17(10-6-14)21-18-13-16(19)8-7-15(18)11-12-20/h5-10,13H,2-4,11-12,20H2,1H3. The Balaban J connectivity index is 2.12.